The fourth-order valence-electron chi connectivity index (χ4n) is 1.77. The lowest BCUT2D eigenvalue weighted by atomic mass is 9.93. The molecule has 0 saturated heterocycles. The molecule has 1 heterocycles. The minimum atomic E-state index is -4.62. The average Bonchev–Trinajstić information content (AvgIpc) is 2.27. The van der Waals surface area contributed by atoms with E-state index < -0.39 is 32.4 Å². The van der Waals surface area contributed by atoms with Crippen LogP contribution in [0.3, 0.4) is 0 Å². The van der Waals surface area contributed by atoms with Crippen LogP contribution in [0.2, 0.25) is 0 Å². The molecule has 0 spiro atoms. The van der Waals surface area contributed by atoms with Crippen molar-refractivity contribution in [2.75, 3.05) is 6.26 Å². The molecular formula is C11H16F3N3O2S. The molecule has 0 saturated carbocycles. The van der Waals surface area contributed by atoms with Crippen LogP contribution in [0.25, 0.3) is 0 Å². The lowest BCUT2D eigenvalue weighted by Crippen LogP contribution is -2.48. The highest BCUT2D eigenvalue weighted by molar-refractivity contribution is 7.92. The van der Waals surface area contributed by atoms with E-state index in [2.05, 4.69) is 10.4 Å². The maximum Gasteiger partial charge on any atom is 0.416 e. The van der Waals surface area contributed by atoms with Crippen molar-refractivity contribution in [1.29, 1.82) is 0 Å². The van der Waals surface area contributed by atoms with Crippen molar-refractivity contribution in [2.45, 2.75) is 30.8 Å². The number of sulfone groups is 1. The number of nitrogens with one attached hydrogen (secondary N) is 1. The smallest absolute Gasteiger partial charge is 0.271 e. The molecule has 5 nitrogen and oxygen atoms in total. The number of hydrazine groups is 1. The summed E-state index contributed by atoms with van der Waals surface area (Å²) in [5.41, 5.74) is 0.885. The summed E-state index contributed by atoms with van der Waals surface area (Å²) >= 11 is 0. The van der Waals surface area contributed by atoms with Gasteiger partial charge >= 0.3 is 6.18 Å². The van der Waals surface area contributed by atoms with E-state index in [9.17, 15) is 21.6 Å². The van der Waals surface area contributed by atoms with E-state index in [1.54, 1.807) is 0 Å². The lowest BCUT2D eigenvalue weighted by molar-refractivity contribution is -0.138. The molecule has 0 radical (unpaired) electrons. The van der Waals surface area contributed by atoms with Crippen LogP contribution in [0, 0.1) is 0 Å². The molecule has 1 atom stereocenters. The number of hydrogen-bond acceptors (Lipinski definition) is 5. The molecule has 3 N–H and O–H groups in total. The van der Waals surface area contributed by atoms with Crippen molar-refractivity contribution >= 4 is 9.84 Å². The van der Waals surface area contributed by atoms with E-state index in [1.165, 1.54) is 13.8 Å². The third kappa shape index (κ3) is 3.10. The van der Waals surface area contributed by atoms with Gasteiger partial charge in [-0.05, 0) is 19.9 Å². The van der Waals surface area contributed by atoms with Crippen LogP contribution in [0.15, 0.2) is 18.5 Å². The Labute approximate surface area is 115 Å². The summed E-state index contributed by atoms with van der Waals surface area (Å²) in [6.07, 6.45) is -1.71. The van der Waals surface area contributed by atoms with Crippen molar-refractivity contribution in [1.82, 2.24) is 10.4 Å². The SMILES string of the molecule is CC(C)(C(NN)c1cnccc1C(F)(F)F)S(C)(=O)=O. The number of nitrogens with zero attached hydrogens (tertiary/aromatic N) is 1. The topological polar surface area (TPSA) is 85.1 Å². The maximum atomic E-state index is 13.0. The van der Waals surface area contributed by atoms with Crippen LogP contribution >= 0.6 is 0 Å². The van der Waals surface area contributed by atoms with E-state index in [0.717, 1.165) is 24.7 Å². The minimum Gasteiger partial charge on any atom is -0.271 e. The first-order chi connectivity index (χ1) is 8.93. The van der Waals surface area contributed by atoms with Gasteiger partial charge in [-0.1, -0.05) is 0 Å². The summed E-state index contributed by atoms with van der Waals surface area (Å²) < 4.78 is 61.0. The van der Waals surface area contributed by atoms with Gasteiger partial charge in [-0.2, -0.15) is 13.2 Å². The van der Waals surface area contributed by atoms with E-state index in [4.69, 9.17) is 5.84 Å². The second kappa shape index (κ2) is 5.30. The first-order valence-electron chi connectivity index (χ1n) is 5.59. The van der Waals surface area contributed by atoms with E-state index in [0.29, 0.717) is 0 Å². The zero-order chi connectivity index (χ0) is 15.8. The van der Waals surface area contributed by atoms with Gasteiger partial charge in [0, 0.05) is 24.2 Å². The van der Waals surface area contributed by atoms with Crippen molar-refractivity contribution in [2.24, 2.45) is 5.84 Å². The molecule has 1 aromatic rings. The molecule has 0 amide bonds. The Balaban J connectivity index is 3.50. The molecule has 1 unspecified atom stereocenters. The van der Waals surface area contributed by atoms with Crippen LogP contribution in [0.5, 0.6) is 0 Å². The van der Waals surface area contributed by atoms with Gasteiger partial charge in [0.1, 0.15) is 0 Å². The van der Waals surface area contributed by atoms with E-state index >= 15 is 0 Å². The summed E-state index contributed by atoms with van der Waals surface area (Å²) in [6.45, 7) is 2.61. The van der Waals surface area contributed by atoms with Gasteiger partial charge < -0.3 is 0 Å². The Morgan fingerprint density at radius 1 is 1.35 bits per heavy atom. The molecule has 9 heteroatoms. The van der Waals surface area contributed by atoms with Crippen LogP contribution in [-0.2, 0) is 16.0 Å². The predicted octanol–water partition coefficient (Wildman–Crippen LogP) is 1.43. The Bertz CT molecular complexity index is 585. The molecule has 1 rings (SSSR count). The fourth-order valence-corrected chi connectivity index (χ4v) is 2.40. The lowest BCUT2D eigenvalue weighted by Gasteiger charge is -2.33. The monoisotopic (exact) mass is 311 g/mol. The van der Waals surface area contributed by atoms with Gasteiger partial charge in [-0.25, -0.2) is 8.42 Å². The molecule has 0 aromatic carbocycles. The first kappa shape index (κ1) is 16.9. The van der Waals surface area contributed by atoms with Crippen molar-refractivity contribution < 1.29 is 21.6 Å². The number of aromatic nitrogens is 1. The zero-order valence-electron chi connectivity index (χ0n) is 11.2. The summed E-state index contributed by atoms with van der Waals surface area (Å²) in [4.78, 5) is 3.63. The van der Waals surface area contributed by atoms with Crippen molar-refractivity contribution in [3.05, 3.63) is 29.6 Å². The van der Waals surface area contributed by atoms with Crippen LogP contribution < -0.4 is 11.3 Å². The minimum absolute atomic E-state index is 0.307. The van der Waals surface area contributed by atoms with Gasteiger partial charge in [0.25, 0.3) is 0 Å². The summed E-state index contributed by atoms with van der Waals surface area (Å²) in [5, 5.41) is 0. The van der Waals surface area contributed by atoms with E-state index in [1.807, 2.05) is 0 Å². The number of halogens is 3. The summed E-state index contributed by atoms with van der Waals surface area (Å²) in [7, 11) is -3.66. The normalized spacial score (nSPS) is 15.2. The quantitative estimate of drug-likeness (QED) is 0.649. The largest absolute Gasteiger partial charge is 0.416 e. The van der Waals surface area contributed by atoms with Crippen LogP contribution in [0.1, 0.15) is 31.0 Å². The predicted molar refractivity (Wildman–Crippen MR) is 68.2 cm³/mol. The standard InChI is InChI=1S/C11H16F3N3O2S/c1-10(2,20(3,18)19)9(17-15)7-6-16-5-4-8(7)11(12,13)14/h4-6,9,17H,15H2,1-3H3. The van der Waals surface area contributed by atoms with Crippen LogP contribution in [-0.4, -0.2) is 24.4 Å². The van der Waals surface area contributed by atoms with E-state index in [-0.39, 0.29) is 5.56 Å². The molecule has 0 bridgehead atoms. The molecule has 0 aliphatic heterocycles. The molecule has 0 fully saturated rings. The fraction of sp³-hybridized carbons (Fsp3) is 0.545. The number of alkyl halides is 3. The highest BCUT2D eigenvalue weighted by Crippen LogP contribution is 2.39. The third-order valence-corrected chi connectivity index (χ3v) is 5.43. The van der Waals surface area contributed by atoms with Crippen molar-refractivity contribution in [3.8, 4) is 0 Å². The Morgan fingerprint density at radius 3 is 2.30 bits per heavy atom. The number of nitrogens with two attached hydrogens (primary N) is 1. The van der Waals surface area contributed by atoms with Gasteiger partial charge in [-0.15, -0.1) is 0 Å². The second-order valence-electron chi connectivity index (χ2n) is 4.94. The summed E-state index contributed by atoms with van der Waals surface area (Å²) in [6, 6.07) is -0.458. The van der Waals surface area contributed by atoms with Gasteiger partial charge in [0.05, 0.1) is 16.4 Å². The zero-order valence-corrected chi connectivity index (χ0v) is 12.0. The molecule has 114 valence electrons. The third-order valence-electron chi connectivity index (χ3n) is 3.29. The number of rotatable bonds is 4. The van der Waals surface area contributed by atoms with Crippen molar-refractivity contribution in [3.63, 3.8) is 0 Å². The molecule has 20 heavy (non-hydrogen) atoms. The molecular weight excluding hydrogens is 295 g/mol. The molecule has 0 aliphatic rings. The Morgan fingerprint density at radius 2 is 1.90 bits per heavy atom. The number of pyridine rings is 1. The molecule has 0 aliphatic carbocycles. The summed E-state index contributed by atoms with van der Waals surface area (Å²) in [5.74, 6) is 5.29. The maximum absolute atomic E-state index is 13.0. The first-order valence-corrected chi connectivity index (χ1v) is 7.49. The Hall–Kier alpha value is -1.19. The van der Waals surface area contributed by atoms with Gasteiger partial charge in [0.15, 0.2) is 9.84 Å². The highest BCUT2D eigenvalue weighted by atomic mass is 32.2. The second-order valence-corrected chi connectivity index (χ2v) is 7.53. The highest BCUT2D eigenvalue weighted by Gasteiger charge is 2.44. The Kier molecular flexibility index (Phi) is 4.47. The van der Waals surface area contributed by atoms with Crippen LogP contribution in [0.4, 0.5) is 13.2 Å². The average molecular weight is 311 g/mol. The van der Waals surface area contributed by atoms with Gasteiger partial charge in [-0.3, -0.25) is 16.3 Å². The number of hydrogen-bond donors (Lipinski definition) is 2. The molecule has 1 aromatic heterocycles. The van der Waals surface area contributed by atoms with Gasteiger partial charge in [0.2, 0.25) is 0 Å².